The molecule has 0 amide bonds. The van der Waals surface area contributed by atoms with Crippen LogP contribution in [0.3, 0.4) is 0 Å². The van der Waals surface area contributed by atoms with Gasteiger partial charge < -0.3 is 4.90 Å². The summed E-state index contributed by atoms with van der Waals surface area (Å²) in [4.78, 5) is 2.33. The van der Waals surface area contributed by atoms with E-state index in [4.69, 9.17) is 0 Å². The Morgan fingerprint density at radius 1 is 0.265 bits per heavy atom. The van der Waals surface area contributed by atoms with E-state index in [1.54, 1.807) is 0 Å². The predicted octanol–water partition coefficient (Wildman–Crippen LogP) is 13.6. The Morgan fingerprint density at radius 3 is 1.49 bits per heavy atom. The fourth-order valence-corrected chi connectivity index (χ4v) is 7.32. The summed E-state index contributed by atoms with van der Waals surface area (Å²) >= 11 is 0. The van der Waals surface area contributed by atoms with E-state index in [1.165, 1.54) is 65.7 Å². The number of benzene rings is 9. The van der Waals surface area contributed by atoms with Crippen molar-refractivity contribution in [1.29, 1.82) is 0 Å². The molecule has 9 rings (SSSR count). The van der Waals surface area contributed by atoms with Crippen molar-refractivity contribution in [2.45, 2.75) is 0 Å². The van der Waals surface area contributed by atoms with Gasteiger partial charge in [0.25, 0.3) is 0 Å². The summed E-state index contributed by atoms with van der Waals surface area (Å²) in [5.41, 5.74) is 10.7. The van der Waals surface area contributed by atoms with Gasteiger partial charge in [-0.1, -0.05) is 158 Å². The summed E-state index contributed by atoms with van der Waals surface area (Å²) in [6.45, 7) is 0. The molecule has 1 heteroatoms. The molecule has 0 aliphatic rings. The van der Waals surface area contributed by atoms with Gasteiger partial charge in [-0.15, -0.1) is 0 Å². The number of anilines is 3. The second-order valence-corrected chi connectivity index (χ2v) is 12.5. The highest BCUT2D eigenvalue weighted by atomic mass is 15.1. The normalized spacial score (nSPS) is 11.3. The molecule has 0 N–H and O–H groups in total. The number of hydrogen-bond acceptors (Lipinski definition) is 1. The first kappa shape index (κ1) is 28.8. The minimum atomic E-state index is 1.11. The Hall–Kier alpha value is -6.44. The summed E-state index contributed by atoms with van der Waals surface area (Å²) in [5, 5.41) is 7.58. The van der Waals surface area contributed by atoms with Gasteiger partial charge in [0.05, 0.1) is 0 Å². The fourth-order valence-electron chi connectivity index (χ4n) is 7.32. The molecule has 0 saturated carbocycles. The number of para-hydroxylation sites is 1. The van der Waals surface area contributed by atoms with Crippen molar-refractivity contribution in [2.75, 3.05) is 4.90 Å². The van der Waals surface area contributed by atoms with Gasteiger partial charge in [-0.3, -0.25) is 0 Å². The van der Waals surface area contributed by atoms with Crippen LogP contribution in [0.1, 0.15) is 0 Å². The van der Waals surface area contributed by atoms with Crippen LogP contribution in [0.2, 0.25) is 0 Å². The van der Waals surface area contributed by atoms with Gasteiger partial charge in [0.15, 0.2) is 0 Å². The molecule has 0 radical (unpaired) electrons. The van der Waals surface area contributed by atoms with Gasteiger partial charge in [-0.05, 0) is 108 Å². The maximum Gasteiger partial charge on any atom is 0.0462 e. The maximum absolute atomic E-state index is 2.37. The van der Waals surface area contributed by atoms with Crippen molar-refractivity contribution in [3.8, 4) is 33.4 Å². The lowest BCUT2D eigenvalue weighted by Gasteiger charge is -2.26. The average molecular weight is 624 g/mol. The maximum atomic E-state index is 2.37. The molecule has 0 atom stereocenters. The summed E-state index contributed by atoms with van der Waals surface area (Å²) in [5.74, 6) is 0. The molecule has 9 aromatic carbocycles. The van der Waals surface area contributed by atoms with Crippen molar-refractivity contribution in [1.82, 2.24) is 0 Å². The minimum absolute atomic E-state index is 1.11. The van der Waals surface area contributed by atoms with Crippen molar-refractivity contribution < 1.29 is 0 Å². The van der Waals surface area contributed by atoms with Crippen molar-refractivity contribution in [2.24, 2.45) is 0 Å². The molecule has 0 fully saturated rings. The third-order valence-electron chi connectivity index (χ3n) is 9.65. The first-order valence-electron chi connectivity index (χ1n) is 16.9. The summed E-state index contributed by atoms with van der Waals surface area (Å²) in [6.07, 6.45) is 0. The van der Waals surface area contributed by atoms with E-state index in [2.05, 4.69) is 205 Å². The highest BCUT2D eigenvalue weighted by Gasteiger charge is 2.17. The zero-order chi connectivity index (χ0) is 32.6. The standard InChI is InChI=1S/C48H33N/c1-3-13-34(14-4-1)35-25-29-40(30-26-35)49(39-18-5-2-6-19-39)41-31-27-37(28-32-41)47-33-38-16-8-10-21-43(38)45-23-12-24-46(48(45)47)44-22-11-17-36-15-7-9-20-42(36)44/h1-33H. The van der Waals surface area contributed by atoms with Crippen LogP contribution in [0.5, 0.6) is 0 Å². The van der Waals surface area contributed by atoms with E-state index in [0.717, 1.165) is 17.1 Å². The van der Waals surface area contributed by atoms with Crippen molar-refractivity contribution in [3.63, 3.8) is 0 Å². The van der Waals surface area contributed by atoms with Crippen LogP contribution in [0, 0.1) is 0 Å². The second kappa shape index (κ2) is 12.3. The molecule has 9 aromatic rings. The summed E-state index contributed by atoms with van der Waals surface area (Å²) in [6, 6.07) is 72.4. The first-order valence-corrected chi connectivity index (χ1v) is 16.9. The Kier molecular flexibility index (Phi) is 7.22. The molecule has 0 bridgehead atoms. The Labute approximate surface area is 287 Å². The van der Waals surface area contributed by atoms with Crippen LogP contribution >= 0.6 is 0 Å². The third kappa shape index (κ3) is 5.23. The van der Waals surface area contributed by atoms with E-state index in [0.29, 0.717) is 0 Å². The zero-order valence-corrected chi connectivity index (χ0v) is 27.0. The number of rotatable bonds is 6. The van der Waals surface area contributed by atoms with Gasteiger partial charge in [-0.2, -0.15) is 0 Å². The quantitative estimate of drug-likeness (QED) is 0.167. The highest BCUT2D eigenvalue weighted by molar-refractivity contribution is 6.20. The van der Waals surface area contributed by atoms with Gasteiger partial charge in [0, 0.05) is 17.1 Å². The van der Waals surface area contributed by atoms with E-state index in [9.17, 15) is 0 Å². The molecule has 230 valence electrons. The smallest absolute Gasteiger partial charge is 0.0462 e. The topological polar surface area (TPSA) is 3.24 Å². The molecule has 0 aliphatic heterocycles. The molecule has 0 unspecified atom stereocenters. The van der Waals surface area contributed by atoms with Crippen molar-refractivity contribution in [3.05, 3.63) is 200 Å². The van der Waals surface area contributed by atoms with Gasteiger partial charge in [0.2, 0.25) is 0 Å². The average Bonchev–Trinajstić information content (AvgIpc) is 3.18. The third-order valence-corrected chi connectivity index (χ3v) is 9.65. The summed E-state index contributed by atoms with van der Waals surface area (Å²) < 4.78 is 0. The lowest BCUT2D eigenvalue weighted by atomic mass is 9.87. The molecule has 0 aliphatic carbocycles. The number of fused-ring (bicyclic) bond motifs is 4. The summed E-state index contributed by atoms with van der Waals surface area (Å²) in [7, 11) is 0. The number of nitrogens with zero attached hydrogens (tertiary/aromatic N) is 1. The minimum Gasteiger partial charge on any atom is -0.311 e. The van der Waals surface area contributed by atoms with Crippen LogP contribution < -0.4 is 4.90 Å². The Balaban J connectivity index is 1.20. The fraction of sp³-hybridized carbons (Fsp3) is 0. The van der Waals surface area contributed by atoms with E-state index in [1.807, 2.05) is 0 Å². The molecular formula is C48H33N. The van der Waals surface area contributed by atoms with Crippen LogP contribution in [0.25, 0.3) is 65.7 Å². The van der Waals surface area contributed by atoms with Gasteiger partial charge in [0.1, 0.15) is 0 Å². The molecule has 0 spiro atoms. The molecule has 1 nitrogen and oxygen atoms in total. The molecular weight excluding hydrogens is 591 g/mol. The van der Waals surface area contributed by atoms with Crippen LogP contribution in [-0.2, 0) is 0 Å². The molecule has 0 heterocycles. The lowest BCUT2D eigenvalue weighted by molar-refractivity contribution is 1.28. The first-order chi connectivity index (χ1) is 24.3. The largest absolute Gasteiger partial charge is 0.311 e. The molecule has 0 saturated heterocycles. The molecule has 0 aromatic heterocycles. The lowest BCUT2D eigenvalue weighted by Crippen LogP contribution is -2.09. The second-order valence-electron chi connectivity index (χ2n) is 12.5. The van der Waals surface area contributed by atoms with Crippen LogP contribution in [0.15, 0.2) is 200 Å². The molecule has 49 heavy (non-hydrogen) atoms. The van der Waals surface area contributed by atoms with Crippen LogP contribution in [-0.4, -0.2) is 0 Å². The predicted molar refractivity (Wildman–Crippen MR) is 210 cm³/mol. The zero-order valence-electron chi connectivity index (χ0n) is 27.0. The van der Waals surface area contributed by atoms with Crippen LogP contribution in [0.4, 0.5) is 17.1 Å². The van der Waals surface area contributed by atoms with Gasteiger partial charge >= 0.3 is 0 Å². The monoisotopic (exact) mass is 623 g/mol. The highest BCUT2D eigenvalue weighted by Crippen LogP contribution is 2.43. The van der Waals surface area contributed by atoms with E-state index >= 15 is 0 Å². The Bertz CT molecular complexity index is 2560. The van der Waals surface area contributed by atoms with E-state index in [-0.39, 0.29) is 0 Å². The Morgan fingerprint density at radius 2 is 0.755 bits per heavy atom. The SMILES string of the molecule is c1ccc(-c2ccc(N(c3ccccc3)c3ccc(-c4cc5ccccc5c5cccc(-c6cccc7ccccc67)c45)cc3)cc2)cc1. The number of hydrogen-bond donors (Lipinski definition) is 0. The van der Waals surface area contributed by atoms with E-state index < -0.39 is 0 Å². The van der Waals surface area contributed by atoms with Gasteiger partial charge in [-0.25, -0.2) is 0 Å². The van der Waals surface area contributed by atoms with Crippen molar-refractivity contribution >= 4 is 49.4 Å².